The van der Waals surface area contributed by atoms with E-state index < -0.39 is 6.10 Å². The molecule has 0 aliphatic carbocycles. The Bertz CT molecular complexity index is 702. The van der Waals surface area contributed by atoms with Crippen LogP contribution >= 0.6 is 0 Å². The number of nitrogens with one attached hydrogen (secondary N) is 1. The Balaban J connectivity index is 1.79. The highest BCUT2D eigenvalue weighted by Crippen LogP contribution is 2.20. The van der Waals surface area contributed by atoms with Crippen molar-refractivity contribution < 1.29 is 23.7 Å². The van der Waals surface area contributed by atoms with Crippen LogP contribution in [0.25, 0.3) is 0 Å². The molecule has 6 nitrogen and oxygen atoms in total. The van der Waals surface area contributed by atoms with Gasteiger partial charge >= 0.3 is 0 Å². The van der Waals surface area contributed by atoms with Gasteiger partial charge in [0.1, 0.15) is 29.6 Å². The summed E-state index contributed by atoms with van der Waals surface area (Å²) in [6.45, 7) is 3.93. The Hall–Kier alpha value is -2.89. The molecule has 0 saturated carbocycles. The van der Waals surface area contributed by atoms with Gasteiger partial charge in [-0.1, -0.05) is 6.07 Å². The maximum atomic E-state index is 12.3. The summed E-state index contributed by atoms with van der Waals surface area (Å²) in [5.41, 5.74) is 0. The lowest BCUT2D eigenvalue weighted by Gasteiger charge is -2.19. The zero-order valence-corrected chi connectivity index (χ0v) is 15.5. The van der Waals surface area contributed by atoms with Crippen LogP contribution in [0.5, 0.6) is 23.0 Å². The van der Waals surface area contributed by atoms with Crippen molar-refractivity contribution in [1.29, 1.82) is 0 Å². The molecule has 0 radical (unpaired) electrons. The van der Waals surface area contributed by atoms with Crippen molar-refractivity contribution in [3.63, 3.8) is 0 Å². The lowest BCUT2D eigenvalue weighted by atomic mass is 10.3. The normalized spacial score (nSPS) is 12.6. The molecule has 0 spiro atoms. The number of carbonyl (C=O) groups excluding carboxylic acids is 1. The van der Waals surface area contributed by atoms with Crippen LogP contribution in [0.3, 0.4) is 0 Å². The number of amides is 1. The minimum atomic E-state index is -0.634. The molecule has 0 unspecified atom stereocenters. The van der Waals surface area contributed by atoms with Crippen LogP contribution in [-0.4, -0.2) is 38.9 Å². The zero-order valence-electron chi connectivity index (χ0n) is 15.5. The minimum absolute atomic E-state index is 0.166. The number of methoxy groups -OCH3 is 2. The number of carbonyl (C=O) groups is 1. The number of rotatable bonds is 9. The molecule has 0 saturated heterocycles. The van der Waals surface area contributed by atoms with Gasteiger partial charge in [-0.3, -0.25) is 4.79 Å². The highest BCUT2D eigenvalue weighted by atomic mass is 16.5. The van der Waals surface area contributed by atoms with Crippen LogP contribution in [0.4, 0.5) is 0 Å². The third kappa shape index (κ3) is 5.88. The van der Waals surface area contributed by atoms with E-state index in [0.717, 1.165) is 5.75 Å². The van der Waals surface area contributed by atoms with E-state index in [4.69, 9.17) is 18.9 Å². The molecule has 2 rings (SSSR count). The summed E-state index contributed by atoms with van der Waals surface area (Å²) >= 11 is 0. The summed E-state index contributed by atoms with van der Waals surface area (Å²) < 4.78 is 21.6. The van der Waals surface area contributed by atoms with Gasteiger partial charge in [-0.15, -0.1) is 0 Å². The molecule has 0 aromatic heterocycles. The molecular formula is C20H25NO5. The van der Waals surface area contributed by atoms with Gasteiger partial charge in [0.25, 0.3) is 5.91 Å². The Morgan fingerprint density at radius 2 is 1.54 bits per heavy atom. The first kappa shape index (κ1) is 19.4. The van der Waals surface area contributed by atoms with E-state index in [1.807, 2.05) is 43.3 Å². The van der Waals surface area contributed by atoms with Crippen molar-refractivity contribution in [2.24, 2.45) is 0 Å². The number of hydrogen-bond acceptors (Lipinski definition) is 5. The quantitative estimate of drug-likeness (QED) is 0.745. The monoisotopic (exact) mass is 359 g/mol. The second kappa shape index (κ2) is 9.56. The van der Waals surface area contributed by atoms with Crippen LogP contribution in [0.2, 0.25) is 0 Å². The van der Waals surface area contributed by atoms with E-state index in [1.54, 1.807) is 33.3 Å². The highest BCUT2D eigenvalue weighted by Gasteiger charge is 2.17. The van der Waals surface area contributed by atoms with E-state index in [9.17, 15) is 4.79 Å². The summed E-state index contributed by atoms with van der Waals surface area (Å²) in [6.07, 6.45) is -0.634. The van der Waals surface area contributed by atoms with Gasteiger partial charge in [0.05, 0.1) is 20.3 Å². The molecular weight excluding hydrogens is 334 g/mol. The van der Waals surface area contributed by atoms with Crippen molar-refractivity contribution in [3.05, 3.63) is 48.5 Å². The second-order valence-corrected chi connectivity index (χ2v) is 5.84. The van der Waals surface area contributed by atoms with E-state index in [1.165, 1.54) is 0 Å². The first-order chi connectivity index (χ1) is 12.5. The summed E-state index contributed by atoms with van der Waals surface area (Å²) in [6, 6.07) is 14.3. The third-order valence-electron chi connectivity index (χ3n) is 3.67. The SMILES string of the molecule is COc1ccc(OC[C@H](C)NC(=O)[C@H](C)Oc2cccc(OC)c2)cc1. The predicted octanol–water partition coefficient (Wildman–Crippen LogP) is 3.05. The molecule has 1 amide bonds. The molecule has 2 atom stereocenters. The lowest BCUT2D eigenvalue weighted by molar-refractivity contribution is -0.128. The van der Waals surface area contributed by atoms with Gasteiger partial charge in [0, 0.05) is 6.07 Å². The van der Waals surface area contributed by atoms with Gasteiger partial charge in [-0.05, 0) is 50.2 Å². The van der Waals surface area contributed by atoms with E-state index in [2.05, 4.69) is 5.32 Å². The fourth-order valence-electron chi connectivity index (χ4n) is 2.23. The summed E-state index contributed by atoms with van der Waals surface area (Å²) in [4.78, 5) is 12.3. The standard InChI is InChI=1S/C20H25NO5/c1-14(13-25-17-10-8-16(23-3)9-11-17)21-20(22)15(2)26-19-7-5-6-18(12-19)24-4/h5-12,14-15H,13H2,1-4H3,(H,21,22)/t14-,15-/m0/s1. The second-order valence-electron chi connectivity index (χ2n) is 5.84. The molecule has 1 N–H and O–H groups in total. The molecule has 0 heterocycles. The molecule has 140 valence electrons. The molecule has 0 fully saturated rings. The molecule has 0 aliphatic rings. The lowest BCUT2D eigenvalue weighted by Crippen LogP contribution is -2.43. The van der Waals surface area contributed by atoms with Gasteiger partial charge in [0.15, 0.2) is 6.10 Å². The predicted molar refractivity (Wildman–Crippen MR) is 99.2 cm³/mol. The molecule has 0 bridgehead atoms. The van der Waals surface area contributed by atoms with Crippen molar-refractivity contribution in [2.45, 2.75) is 26.0 Å². The van der Waals surface area contributed by atoms with Crippen LogP contribution < -0.4 is 24.3 Å². The van der Waals surface area contributed by atoms with E-state index in [0.29, 0.717) is 23.9 Å². The van der Waals surface area contributed by atoms with Gasteiger partial charge in [-0.25, -0.2) is 0 Å². The summed E-state index contributed by atoms with van der Waals surface area (Å²) in [5.74, 6) is 2.53. The number of ether oxygens (including phenoxy) is 4. The Labute approximate surface area is 154 Å². The number of benzene rings is 2. The summed E-state index contributed by atoms with van der Waals surface area (Å²) in [5, 5.41) is 2.88. The van der Waals surface area contributed by atoms with Crippen LogP contribution in [0.1, 0.15) is 13.8 Å². The molecule has 26 heavy (non-hydrogen) atoms. The molecule has 0 aliphatic heterocycles. The van der Waals surface area contributed by atoms with Crippen molar-refractivity contribution in [2.75, 3.05) is 20.8 Å². The smallest absolute Gasteiger partial charge is 0.261 e. The number of hydrogen-bond donors (Lipinski definition) is 1. The van der Waals surface area contributed by atoms with Crippen LogP contribution in [0.15, 0.2) is 48.5 Å². The minimum Gasteiger partial charge on any atom is -0.497 e. The zero-order chi connectivity index (χ0) is 18.9. The average Bonchev–Trinajstić information content (AvgIpc) is 2.66. The van der Waals surface area contributed by atoms with Gasteiger partial charge < -0.3 is 24.3 Å². The van der Waals surface area contributed by atoms with Crippen molar-refractivity contribution in [3.8, 4) is 23.0 Å². The first-order valence-corrected chi connectivity index (χ1v) is 8.39. The summed E-state index contributed by atoms with van der Waals surface area (Å²) in [7, 11) is 3.20. The van der Waals surface area contributed by atoms with Crippen LogP contribution in [0, 0.1) is 0 Å². The van der Waals surface area contributed by atoms with Gasteiger partial charge in [0.2, 0.25) is 0 Å². The van der Waals surface area contributed by atoms with Crippen molar-refractivity contribution >= 4 is 5.91 Å². The van der Waals surface area contributed by atoms with Gasteiger partial charge in [-0.2, -0.15) is 0 Å². The Morgan fingerprint density at radius 1 is 0.923 bits per heavy atom. The fourth-order valence-corrected chi connectivity index (χ4v) is 2.23. The topological polar surface area (TPSA) is 66.0 Å². The Morgan fingerprint density at radius 3 is 2.19 bits per heavy atom. The average molecular weight is 359 g/mol. The first-order valence-electron chi connectivity index (χ1n) is 8.39. The third-order valence-corrected chi connectivity index (χ3v) is 3.67. The highest BCUT2D eigenvalue weighted by molar-refractivity contribution is 5.81. The van der Waals surface area contributed by atoms with Crippen molar-refractivity contribution in [1.82, 2.24) is 5.32 Å². The van der Waals surface area contributed by atoms with E-state index in [-0.39, 0.29) is 11.9 Å². The molecule has 2 aromatic carbocycles. The van der Waals surface area contributed by atoms with Crippen LogP contribution in [-0.2, 0) is 4.79 Å². The maximum absolute atomic E-state index is 12.3. The molecule has 6 heteroatoms. The molecule has 2 aromatic rings. The van der Waals surface area contributed by atoms with E-state index >= 15 is 0 Å². The maximum Gasteiger partial charge on any atom is 0.261 e. The fraction of sp³-hybridized carbons (Fsp3) is 0.350. The Kier molecular flexibility index (Phi) is 7.14. The largest absolute Gasteiger partial charge is 0.497 e.